The third kappa shape index (κ3) is 3.53. The molecule has 1 rings (SSSR count). The van der Waals surface area contributed by atoms with Crippen LogP contribution in [0.1, 0.15) is 20.8 Å². The number of hydrogen-bond donors (Lipinski definition) is 0. The molecule has 0 aromatic heterocycles. The lowest BCUT2D eigenvalue weighted by Crippen LogP contribution is -2.38. The second kappa shape index (κ2) is 6.15. The first-order valence-corrected chi connectivity index (χ1v) is 6.60. The molecule has 0 fully saturated rings. The maximum atomic E-state index is 13.1. The number of benzene rings is 1. The van der Waals surface area contributed by atoms with Gasteiger partial charge in [-0.15, -0.1) is 0 Å². The van der Waals surface area contributed by atoms with Crippen molar-refractivity contribution in [2.24, 2.45) is 5.92 Å². The van der Waals surface area contributed by atoms with E-state index < -0.39 is 0 Å². The second-order valence-corrected chi connectivity index (χ2v) is 5.19. The summed E-state index contributed by atoms with van der Waals surface area (Å²) >= 11 is 3.38. The van der Waals surface area contributed by atoms with Crippen LogP contribution in [0.25, 0.3) is 0 Å². The summed E-state index contributed by atoms with van der Waals surface area (Å²) in [5.41, 5.74) is 0.600. The number of carbonyl (C=O) groups is 1. The summed E-state index contributed by atoms with van der Waals surface area (Å²) in [5, 5.41) is 0. The van der Waals surface area contributed by atoms with Crippen molar-refractivity contribution in [1.82, 2.24) is 0 Å². The lowest BCUT2D eigenvalue weighted by molar-refractivity contribution is -0.118. The summed E-state index contributed by atoms with van der Waals surface area (Å²) in [6.07, 6.45) is 0. The van der Waals surface area contributed by atoms with Gasteiger partial charge in [-0.05, 0) is 31.0 Å². The Balaban J connectivity index is 2.96. The molecule has 0 saturated heterocycles. The summed E-state index contributed by atoms with van der Waals surface area (Å²) in [4.78, 5) is 13.5. The van der Waals surface area contributed by atoms with E-state index >= 15 is 0 Å². The van der Waals surface area contributed by atoms with E-state index in [1.807, 2.05) is 20.8 Å². The average Bonchev–Trinajstić information content (AvgIpc) is 2.28. The molecular formula is C13H17BrFNO. The standard InChI is InChI=1S/C13H17BrFNO/c1-4-16(13(17)12(14)9(2)3)11-7-5-6-10(15)8-11/h5-9,12H,4H2,1-3H3. The first-order chi connectivity index (χ1) is 7.97. The monoisotopic (exact) mass is 301 g/mol. The highest BCUT2D eigenvalue weighted by molar-refractivity contribution is 9.10. The number of carbonyl (C=O) groups excluding carboxylic acids is 1. The Kier molecular flexibility index (Phi) is 5.12. The van der Waals surface area contributed by atoms with Crippen LogP contribution < -0.4 is 4.90 Å². The van der Waals surface area contributed by atoms with Gasteiger partial charge >= 0.3 is 0 Å². The Hall–Kier alpha value is -0.900. The van der Waals surface area contributed by atoms with Crippen molar-refractivity contribution in [3.05, 3.63) is 30.1 Å². The highest BCUT2D eigenvalue weighted by Crippen LogP contribution is 2.21. The molecule has 0 bridgehead atoms. The number of hydrogen-bond acceptors (Lipinski definition) is 1. The fourth-order valence-corrected chi connectivity index (χ4v) is 1.79. The lowest BCUT2D eigenvalue weighted by atomic mass is 10.1. The van der Waals surface area contributed by atoms with Gasteiger partial charge in [-0.2, -0.15) is 0 Å². The quantitative estimate of drug-likeness (QED) is 0.778. The van der Waals surface area contributed by atoms with Crippen molar-refractivity contribution >= 4 is 27.5 Å². The Bertz CT molecular complexity index is 395. The topological polar surface area (TPSA) is 20.3 Å². The van der Waals surface area contributed by atoms with Gasteiger partial charge in [-0.1, -0.05) is 35.8 Å². The Labute approximate surface area is 110 Å². The Morgan fingerprint density at radius 3 is 2.59 bits per heavy atom. The molecule has 1 aromatic carbocycles. The maximum absolute atomic E-state index is 13.1. The van der Waals surface area contributed by atoms with Crippen LogP contribution in [0.15, 0.2) is 24.3 Å². The van der Waals surface area contributed by atoms with Crippen molar-refractivity contribution < 1.29 is 9.18 Å². The lowest BCUT2D eigenvalue weighted by Gasteiger charge is -2.25. The molecule has 1 amide bonds. The molecule has 1 unspecified atom stereocenters. The van der Waals surface area contributed by atoms with Crippen molar-refractivity contribution in [2.45, 2.75) is 25.6 Å². The first kappa shape index (κ1) is 14.2. The number of rotatable bonds is 4. The number of nitrogens with zero attached hydrogens (tertiary/aromatic N) is 1. The summed E-state index contributed by atoms with van der Waals surface area (Å²) in [6, 6.07) is 6.10. The van der Waals surface area contributed by atoms with Crippen LogP contribution in [-0.2, 0) is 4.79 Å². The van der Waals surface area contributed by atoms with E-state index in [2.05, 4.69) is 15.9 Å². The molecule has 0 N–H and O–H groups in total. The van der Waals surface area contributed by atoms with Crippen molar-refractivity contribution in [3.8, 4) is 0 Å². The van der Waals surface area contributed by atoms with Gasteiger partial charge in [0.15, 0.2) is 0 Å². The molecule has 0 saturated carbocycles. The minimum absolute atomic E-state index is 0.0342. The van der Waals surface area contributed by atoms with Crippen LogP contribution in [-0.4, -0.2) is 17.3 Å². The molecule has 1 atom stereocenters. The van der Waals surface area contributed by atoms with Gasteiger partial charge < -0.3 is 4.90 Å². The van der Waals surface area contributed by atoms with Gasteiger partial charge in [0.2, 0.25) is 5.91 Å². The molecule has 0 aliphatic heterocycles. The van der Waals surface area contributed by atoms with E-state index in [-0.39, 0.29) is 22.5 Å². The third-order valence-corrected chi connectivity index (χ3v) is 3.97. The molecule has 0 spiro atoms. The zero-order valence-electron chi connectivity index (χ0n) is 10.3. The Morgan fingerprint density at radius 2 is 2.12 bits per heavy atom. The van der Waals surface area contributed by atoms with E-state index in [9.17, 15) is 9.18 Å². The molecule has 0 aliphatic rings. The number of halogens is 2. The summed E-state index contributed by atoms with van der Waals surface area (Å²) in [7, 11) is 0. The number of anilines is 1. The maximum Gasteiger partial charge on any atom is 0.241 e. The highest BCUT2D eigenvalue weighted by Gasteiger charge is 2.24. The predicted octanol–water partition coefficient (Wildman–Crippen LogP) is 3.60. The van der Waals surface area contributed by atoms with Crippen LogP contribution in [0, 0.1) is 11.7 Å². The van der Waals surface area contributed by atoms with Crippen molar-refractivity contribution in [3.63, 3.8) is 0 Å². The minimum Gasteiger partial charge on any atom is -0.312 e. The SMILES string of the molecule is CCN(C(=O)C(Br)C(C)C)c1cccc(F)c1. The molecule has 0 heterocycles. The summed E-state index contributed by atoms with van der Waals surface area (Å²) in [6.45, 7) is 6.34. The van der Waals surface area contributed by atoms with Crippen LogP contribution in [0.4, 0.5) is 10.1 Å². The van der Waals surface area contributed by atoms with Crippen molar-refractivity contribution in [1.29, 1.82) is 0 Å². The second-order valence-electron chi connectivity index (χ2n) is 4.21. The fraction of sp³-hybridized carbons (Fsp3) is 0.462. The average molecular weight is 302 g/mol. The molecule has 94 valence electrons. The molecule has 0 aliphatic carbocycles. The van der Waals surface area contributed by atoms with Gasteiger partial charge in [0.25, 0.3) is 0 Å². The van der Waals surface area contributed by atoms with E-state index in [4.69, 9.17) is 0 Å². The van der Waals surface area contributed by atoms with Crippen LogP contribution in [0.2, 0.25) is 0 Å². The molecule has 17 heavy (non-hydrogen) atoms. The van der Waals surface area contributed by atoms with Gasteiger partial charge in [0, 0.05) is 12.2 Å². The normalized spacial score (nSPS) is 12.6. The molecule has 4 heteroatoms. The molecule has 1 aromatic rings. The highest BCUT2D eigenvalue weighted by atomic mass is 79.9. The van der Waals surface area contributed by atoms with E-state index in [1.54, 1.807) is 17.0 Å². The van der Waals surface area contributed by atoms with Gasteiger partial charge in [0.05, 0.1) is 4.83 Å². The predicted molar refractivity (Wildman–Crippen MR) is 72.0 cm³/mol. The van der Waals surface area contributed by atoms with E-state index in [0.29, 0.717) is 12.2 Å². The van der Waals surface area contributed by atoms with E-state index in [1.165, 1.54) is 12.1 Å². The molecule has 0 radical (unpaired) electrons. The fourth-order valence-electron chi connectivity index (χ4n) is 1.54. The zero-order valence-corrected chi connectivity index (χ0v) is 11.9. The number of alkyl halides is 1. The van der Waals surface area contributed by atoms with Gasteiger partial charge in [-0.25, -0.2) is 4.39 Å². The van der Waals surface area contributed by atoms with Gasteiger partial charge in [-0.3, -0.25) is 4.79 Å². The molecule has 2 nitrogen and oxygen atoms in total. The summed E-state index contributed by atoms with van der Waals surface area (Å²) in [5.74, 6) is -0.164. The molecular weight excluding hydrogens is 285 g/mol. The van der Waals surface area contributed by atoms with Crippen LogP contribution in [0.5, 0.6) is 0 Å². The summed E-state index contributed by atoms with van der Waals surface area (Å²) < 4.78 is 13.1. The Morgan fingerprint density at radius 1 is 1.47 bits per heavy atom. The first-order valence-electron chi connectivity index (χ1n) is 5.68. The van der Waals surface area contributed by atoms with E-state index in [0.717, 1.165) is 0 Å². The van der Waals surface area contributed by atoms with Gasteiger partial charge in [0.1, 0.15) is 5.82 Å². The number of amides is 1. The third-order valence-electron chi connectivity index (χ3n) is 2.52. The minimum atomic E-state index is -0.329. The van der Waals surface area contributed by atoms with Crippen molar-refractivity contribution in [2.75, 3.05) is 11.4 Å². The largest absolute Gasteiger partial charge is 0.312 e. The zero-order chi connectivity index (χ0) is 13.0. The van der Waals surface area contributed by atoms with Crippen LogP contribution in [0.3, 0.4) is 0 Å². The van der Waals surface area contributed by atoms with Crippen LogP contribution >= 0.6 is 15.9 Å². The smallest absolute Gasteiger partial charge is 0.241 e.